The molecular weight excluding hydrogens is 593 g/mol. The van der Waals surface area contributed by atoms with Gasteiger partial charge in [0.1, 0.15) is 0 Å². The van der Waals surface area contributed by atoms with Crippen LogP contribution in [0.2, 0.25) is 0 Å². The van der Waals surface area contributed by atoms with Gasteiger partial charge in [0, 0.05) is 0 Å². The van der Waals surface area contributed by atoms with Crippen molar-refractivity contribution in [3.8, 4) is 0 Å². The van der Waals surface area contributed by atoms with Crippen molar-refractivity contribution in [1.82, 2.24) is 0 Å². The molecule has 0 aliphatic heterocycles. The van der Waals surface area contributed by atoms with Gasteiger partial charge < -0.3 is 13.1 Å². The zero-order valence-corrected chi connectivity index (χ0v) is 25.1. The van der Waals surface area contributed by atoms with Gasteiger partial charge in [0.2, 0.25) is 0 Å². The topological polar surface area (TPSA) is 0 Å². The fraction of sp³-hybridized carbons (Fsp3) is 0.400. The Hall–Kier alpha value is 1.84. The van der Waals surface area contributed by atoms with E-state index in [4.69, 9.17) is 34.1 Å². The number of fused-ring (bicyclic) bond motifs is 2. The van der Waals surface area contributed by atoms with Crippen molar-refractivity contribution in [2.45, 2.75) is 51.4 Å². The van der Waals surface area contributed by atoms with Crippen LogP contribution in [0.3, 0.4) is 0 Å². The molecule has 4 rings (SSSR count). The van der Waals surface area contributed by atoms with Gasteiger partial charge >= 0.3 is 75.7 Å². The van der Waals surface area contributed by atoms with E-state index in [2.05, 4.69) is 49.5 Å². The maximum absolute atomic E-state index is 4.93. The molecule has 0 unspecified atom stereocenters. The molecule has 7 heteroatoms. The van der Waals surface area contributed by atoms with Crippen molar-refractivity contribution in [2.24, 2.45) is 0 Å². The first kappa shape index (κ1) is 28.8. The Kier molecular flexibility index (Phi) is 22.5. The largest absolute Gasteiger partial charge is 0.210 e. The second kappa shape index (κ2) is 21.1. The van der Waals surface area contributed by atoms with Crippen LogP contribution in [0.1, 0.15) is 47.9 Å². The summed E-state index contributed by atoms with van der Waals surface area (Å²) in [6, 6.07) is 13.4. The van der Waals surface area contributed by atoms with E-state index in [0.717, 1.165) is 0 Å². The maximum Gasteiger partial charge on any atom is -0.0512 e. The van der Waals surface area contributed by atoms with Crippen LogP contribution in [-0.2, 0) is 67.4 Å². The van der Waals surface area contributed by atoms with Gasteiger partial charge in [-0.2, -0.15) is 46.5 Å². The summed E-state index contributed by atoms with van der Waals surface area (Å²) in [5.41, 5.74) is 6.39. The summed E-state index contributed by atoms with van der Waals surface area (Å²) in [7, 11) is 19.7. The van der Waals surface area contributed by atoms with Crippen molar-refractivity contribution in [3.05, 3.63) is 71.7 Å². The SMILES string of the molecule is [CH2-][SiH2][CH2-].[Cl][Zr+2][Cl].[Cl][Zr+2][Cl].c1cc2c([cH-]1)CCCC2.c1cc2c([cH-]1)CCCC2. The number of hydrogen-bond donors (Lipinski definition) is 0. The van der Waals surface area contributed by atoms with Gasteiger partial charge in [-0.1, -0.05) is 51.4 Å². The minimum absolute atomic E-state index is 0.0833. The van der Waals surface area contributed by atoms with E-state index in [1.807, 2.05) is 0 Å². The molecule has 0 fully saturated rings. The standard InChI is InChI=1S/2C9H11.C2H6Si.4ClH.2Zr/c2*1-2-5-9-7-3-6-8(9)4-1;1-3-2;;;;;;/h2*3,6-7H,1-2,4-5H2;1-3H2;4*1H;;/q2*-1;-2;;;;;2*+4/p-4. The van der Waals surface area contributed by atoms with Crippen LogP contribution in [0, 0.1) is 13.1 Å². The first-order chi connectivity index (χ1) is 13.2. The fourth-order valence-electron chi connectivity index (χ4n) is 3.23. The molecule has 2 aromatic carbocycles. The molecule has 0 saturated carbocycles. The molecule has 0 saturated heterocycles. The van der Waals surface area contributed by atoms with Crippen LogP contribution in [0.5, 0.6) is 0 Å². The zero-order chi connectivity index (χ0) is 20.3. The molecule has 0 radical (unpaired) electrons. The Balaban J connectivity index is 0.000000354. The second-order valence-electron chi connectivity index (χ2n) is 6.06. The van der Waals surface area contributed by atoms with Crippen molar-refractivity contribution >= 4 is 43.6 Å². The first-order valence-corrected chi connectivity index (χ1v) is 23.8. The molecule has 148 valence electrons. The summed E-state index contributed by atoms with van der Waals surface area (Å²) in [5.74, 6) is 0. The average Bonchev–Trinajstić information content (AvgIpc) is 3.33. The van der Waals surface area contributed by atoms with Crippen molar-refractivity contribution in [1.29, 1.82) is 0 Å². The van der Waals surface area contributed by atoms with E-state index in [-0.39, 0.29) is 9.52 Å². The molecule has 0 spiro atoms. The van der Waals surface area contributed by atoms with E-state index in [1.54, 1.807) is 22.3 Å². The van der Waals surface area contributed by atoms with E-state index in [9.17, 15) is 0 Å². The van der Waals surface area contributed by atoms with Crippen LogP contribution in [0.15, 0.2) is 36.4 Å². The van der Waals surface area contributed by atoms with Crippen LogP contribution in [0.25, 0.3) is 0 Å². The van der Waals surface area contributed by atoms with Crippen LogP contribution >= 0.6 is 34.1 Å². The molecule has 0 amide bonds. The second-order valence-corrected chi connectivity index (χ2v) is 14.2. The first-order valence-electron chi connectivity index (χ1n) is 9.16. The monoisotopic (exact) mass is 616 g/mol. The molecule has 0 N–H and O–H groups in total. The third kappa shape index (κ3) is 14.5. The molecule has 2 aromatic rings. The van der Waals surface area contributed by atoms with E-state index in [0.29, 0.717) is 0 Å². The van der Waals surface area contributed by atoms with Crippen molar-refractivity contribution in [3.63, 3.8) is 0 Å². The van der Waals surface area contributed by atoms with E-state index in [1.165, 1.54) is 51.4 Å². The number of hydrogen-bond acceptors (Lipinski definition) is 0. The summed E-state index contributed by atoms with van der Waals surface area (Å²) in [6.45, 7) is 7.03. The van der Waals surface area contributed by atoms with Crippen LogP contribution in [0.4, 0.5) is 0 Å². The molecular formula is C20H28Cl4SiZr2. The molecule has 27 heavy (non-hydrogen) atoms. The molecule has 2 aliphatic carbocycles. The van der Waals surface area contributed by atoms with Crippen LogP contribution in [-0.4, -0.2) is 9.52 Å². The summed E-state index contributed by atoms with van der Waals surface area (Å²) >= 11 is -1.65. The fourth-order valence-corrected chi connectivity index (χ4v) is 3.23. The molecule has 0 nitrogen and oxygen atoms in total. The Morgan fingerprint density at radius 2 is 1.00 bits per heavy atom. The smallest absolute Gasteiger partial charge is 0.0512 e. The van der Waals surface area contributed by atoms with Gasteiger partial charge in [-0.05, 0) is 0 Å². The Labute approximate surface area is 206 Å². The third-order valence-electron chi connectivity index (χ3n) is 4.30. The minimum atomic E-state index is -0.826. The van der Waals surface area contributed by atoms with E-state index < -0.39 is 41.7 Å². The predicted molar refractivity (Wildman–Crippen MR) is 120 cm³/mol. The number of aryl methyl sites for hydroxylation is 4. The molecule has 0 heterocycles. The third-order valence-corrected chi connectivity index (χ3v) is 4.30. The quantitative estimate of drug-likeness (QED) is 0.219. The van der Waals surface area contributed by atoms with Gasteiger partial charge in [-0.15, -0.1) is 0 Å². The predicted octanol–water partition coefficient (Wildman–Crippen LogP) is 7.06. The molecule has 0 bridgehead atoms. The maximum atomic E-state index is 4.93. The molecule has 0 aromatic heterocycles. The Morgan fingerprint density at radius 1 is 0.704 bits per heavy atom. The molecule has 2 aliphatic rings. The molecule has 0 atom stereocenters. The minimum Gasteiger partial charge on any atom is -0.210 e. The normalized spacial score (nSPS) is 13.0. The van der Waals surface area contributed by atoms with Gasteiger partial charge in [0.05, 0.1) is 0 Å². The summed E-state index contributed by atoms with van der Waals surface area (Å²) in [5, 5.41) is 0. The van der Waals surface area contributed by atoms with Gasteiger partial charge in [-0.3, -0.25) is 9.52 Å². The van der Waals surface area contributed by atoms with Crippen LogP contribution < -0.4 is 0 Å². The van der Waals surface area contributed by atoms with Crippen molar-refractivity contribution in [2.75, 3.05) is 0 Å². The Morgan fingerprint density at radius 3 is 1.30 bits per heavy atom. The average molecular weight is 621 g/mol. The van der Waals surface area contributed by atoms with Crippen molar-refractivity contribution < 1.29 is 41.7 Å². The van der Waals surface area contributed by atoms with Gasteiger partial charge in [0.25, 0.3) is 0 Å². The Bertz CT molecular complexity index is 466. The summed E-state index contributed by atoms with van der Waals surface area (Å²) < 4.78 is 0. The zero-order valence-electron chi connectivity index (χ0n) is 15.8. The summed E-state index contributed by atoms with van der Waals surface area (Å²) in [4.78, 5) is 0. The van der Waals surface area contributed by atoms with Gasteiger partial charge in [0.15, 0.2) is 0 Å². The van der Waals surface area contributed by atoms with E-state index >= 15 is 0 Å². The van der Waals surface area contributed by atoms with Gasteiger partial charge in [-0.25, -0.2) is 12.1 Å². The number of rotatable bonds is 0. The number of halogens is 4. The summed E-state index contributed by atoms with van der Waals surface area (Å²) in [6.07, 6.45) is 10.9.